The van der Waals surface area contributed by atoms with Crippen molar-refractivity contribution in [2.24, 2.45) is 11.8 Å². The average Bonchev–Trinajstić information content (AvgIpc) is 3.87. The number of hydrogen-bond donors (Lipinski definition) is 0. The van der Waals surface area contributed by atoms with Crippen molar-refractivity contribution in [3.05, 3.63) is 149 Å². The first-order valence-electron chi connectivity index (χ1n) is 20.1. The molecule has 1 spiro atoms. The first kappa shape index (κ1) is 33.0. The minimum absolute atomic E-state index is 0.00893. The van der Waals surface area contributed by atoms with Crippen LogP contribution in [0, 0.1) is 11.8 Å². The molecule has 4 aliphatic rings. The zero-order valence-corrected chi connectivity index (χ0v) is 32.9. The van der Waals surface area contributed by atoms with E-state index < -0.39 is 0 Å². The van der Waals surface area contributed by atoms with Crippen LogP contribution in [0.15, 0.2) is 115 Å². The smallest absolute Gasteiger partial charge is 0.0471 e. The van der Waals surface area contributed by atoms with Crippen molar-refractivity contribution in [1.82, 2.24) is 0 Å². The summed E-state index contributed by atoms with van der Waals surface area (Å²) in [5, 5.41) is 2.73. The molecule has 0 aromatic heterocycles. The molecule has 53 heavy (non-hydrogen) atoms. The molecule has 3 atom stereocenters. The van der Waals surface area contributed by atoms with Gasteiger partial charge in [0.2, 0.25) is 0 Å². The van der Waals surface area contributed by atoms with Crippen LogP contribution in [-0.4, -0.2) is 0 Å². The highest BCUT2D eigenvalue weighted by Gasteiger charge is 2.56. The average molecular weight is 692 g/mol. The fraction of sp³-hybridized carbons (Fsp3) is 0.346. The van der Waals surface area contributed by atoms with E-state index in [4.69, 9.17) is 0 Å². The third-order valence-corrected chi connectivity index (χ3v) is 14.0. The minimum Gasteiger partial charge on any atom is -0.310 e. The molecular formula is C52H53N. The standard InChI is InChI=1S/C52H53N/c1-49(2,3)43-19-13-16-39-42(43)27-36(30-46(39)50(4,5)6)53(34-22-24-40-37-14-9-11-17-44(37)51(7,8)47(40)28-34)35-23-25-41-38-15-10-12-18-45(38)52(48(41)29-35)31-32-20-21-33(52)26-32/h9-19,22-25,27-30,32-33H,20-21,26,31H2,1-8H3. The van der Waals surface area contributed by atoms with Gasteiger partial charge < -0.3 is 4.90 Å². The highest BCUT2D eigenvalue weighted by atomic mass is 15.1. The first-order chi connectivity index (χ1) is 25.3. The second-order valence-electron chi connectivity index (χ2n) is 19.5. The van der Waals surface area contributed by atoms with Gasteiger partial charge in [-0.1, -0.05) is 141 Å². The van der Waals surface area contributed by atoms with Crippen LogP contribution in [0.4, 0.5) is 17.1 Å². The van der Waals surface area contributed by atoms with Gasteiger partial charge in [-0.15, -0.1) is 0 Å². The zero-order chi connectivity index (χ0) is 36.7. The lowest BCUT2D eigenvalue weighted by molar-refractivity contribution is 0.327. The van der Waals surface area contributed by atoms with Crippen LogP contribution in [0.3, 0.4) is 0 Å². The molecule has 0 aliphatic heterocycles. The molecule has 6 aromatic rings. The summed E-state index contributed by atoms with van der Waals surface area (Å²) in [6.07, 6.45) is 5.40. The molecule has 1 heteroatoms. The van der Waals surface area contributed by atoms with Crippen LogP contribution in [0.25, 0.3) is 33.0 Å². The molecule has 2 saturated carbocycles. The molecule has 0 radical (unpaired) electrons. The van der Waals surface area contributed by atoms with E-state index in [9.17, 15) is 0 Å². The Balaban J connectivity index is 1.25. The molecule has 4 aliphatic carbocycles. The fourth-order valence-corrected chi connectivity index (χ4v) is 11.6. The third kappa shape index (κ3) is 4.62. The van der Waals surface area contributed by atoms with Gasteiger partial charge in [-0.3, -0.25) is 0 Å². The maximum absolute atomic E-state index is 2.62. The number of hydrogen-bond acceptors (Lipinski definition) is 1. The van der Waals surface area contributed by atoms with Crippen LogP contribution in [-0.2, 0) is 21.7 Å². The van der Waals surface area contributed by atoms with Crippen molar-refractivity contribution < 1.29 is 0 Å². The molecule has 0 heterocycles. The second kappa shape index (κ2) is 11.0. The highest BCUT2D eigenvalue weighted by molar-refractivity contribution is 5.96. The summed E-state index contributed by atoms with van der Waals surface area (Å²) in [7, 11) is 0. The fourth-order valence-electron chi connectivity index (χ4n) is 11.6. The summed E-state index contributed by atoms with van der Waals surface area (Å²) in [5.74, 6) is 1.56. The summed E-state index contributed by atoms with van der Waals surface area (Å²) in [5.41, 5.74) is 18.2. The quantitative estimate of drug-likeness (QED) is 0.179. The van der Waals surface area contributed by atoms with E-state index in [1.165, 1.54) is 98.0 Å². The van der Waals surface area contributed by atoms with Gasteiger partial charge in [0.1, 0.15) is 0 Å². The van der Waals surface area contributed by atoms with E-state index in [0.29, 0.717) is 0 Å². The number of anilines is 3. The Morgan fingerprint density at radius 3 is 1.75 bits per heavy atom. The molecule has 1 nitrogen and oxygen atoms in total. The van der Waals surface area contributed by atoms with Crippen LogP contribution in [0.5, 0.6) is 0 Å². The summed E-state index contributed by atoms with van der Waals surface area (Å²) >= 11 is 0. The normalized spacial score (nSPS) is 21.9. The third-order valence-electron chi connectivity index (χ3n) is 14.0. The van der Waals surface area contributed by atoms with E-state index in [1.54, 1.807) is 11.1 Å². The van der Waals surface area contributed by atoms with Gasteiger partial charge in [-0.25, -0.2) is 0 Å². The van der Waals surface area contributed by atoms with Gasteiger partial charge in [-0.05, 0) is 145 Å². The maximum Gasteiger partial charge on any atom is 0.0471 e. The van der Waals surface area contributed by atoms with Gasteiger partial charge in [0.25, 0.3) is 0 Å². The molecule has 10 rings (SSSR count). The number of rotatable bonds is 3. The van der Waals surface area contributed by atoms with E-state index >= 15 is 0 Å². The molecule has 0 saturated heterocycles. The van der Waals surface area contributed by atoms with Crippen molar-refractivity contribution in [2.75, 3.05) is 4.90 Å². The number of nitrogens with zero attached hydrogens (tertiary/aromatic N) is 1. The zero-order valence-electron chi connectivity index (χ0n) is 32.9. The molecule has 6 aromatic carbocycles. The maximum atomic E-state index is 2.62. The monoisotopic (exact) mass is 691 g/mol. The van der Waals surface area contributed by atoms with Crippen molar-refractivity contribution >= 4 is 27.8 Å². The lowest BCUT2D eigenvalue weighted by atomic mass is 9.67. The van der Waals surface area contributed by atoms with E-state index in [-0.39, 0.29) is 21.7 Å². The lowest BCUT2D eigenvalue weighted by Crippen LogP contribution is -2.32. The largest absolute Gasteiger partial charge is 0.310 e. The molecule has 266 valence electrons. The SMILES string of the molecule is CC(C)(C)c1cc(N(c2ccc3c(c2)C(C)(C)c2ccccc2-3)c2ccc3c(c2)C2(CC4CCC2C4)c2ccccc2-3)cc2c(C(C)(C)C)cccc12. The molecule has 2 bridgehead atoms. The summed E-state index contributed by atoms with van der Waals surface area (Å²) in [6.45, 7) is 19.0. The molecule has 0 N–H and O–H groups in total. The Morgan fingerprint density at radius 2 is 1.11 bits per heavy atom. The number of benzene rings is 6. The molecule has 3 unspecified atom stereocenters. The second-order valence-corrected chi connectivity index (χ2v) is 19.5. The Bertz CT molecular complexity index is 2480. The topological polar surface area (TPSA) is 3.24 Å². The van der Waals surface area contributed by atoms with Crippen LogP contribution < -0.4 is 4.90 Å². The molecule has 0 amide bonds. The lowest BCUT2D eigenvalue weighted by Gasteiger charge is -2.37. The van der Waals surface area contributed by atoms with Gasteiger partial charge in [0.05, 0.1) is 0 Å². The van der Waals surface area contributed by atoms with Gasteiger partial charge in [0.15, 0.2) is 0 Å². The van der Waals surface area contributed by atoms with Crippen molar-refractivity contribution in [3.63, 3.8) is 0 Å². The van der Waals surface area contributed by atoms with Crippen LogP contribution >= 0.6 is 0 Å². The summed E-state index contributed by atoms with van der Waals surface area (Å²) < 4.78 is 0. The van der Waals surface area contributed by atoms with Crippen molar-refractivity contribution in [3.8, 4) is 22.3 Å². The Labute approximate surface area is 317 Å². The molecule has 2 fully saturated rings. The van der Waals surface area contributed by atoms with Gasteiger partial charge in [0, 0.05) is 27.9 Å². The van der Waals surface area contributed by atoms with E-state index in [2.05, 4.69) is 176 Å². The van der Waals surface area contributed by atoms with Crippen LogP contribution in [0.1, 0.15) is 114 Å². The molecular weight excluding hydrogens is 639 g/mol. The van der Waals surface area contributed by atoms with Crippen molar-refractivity contribution in [1.29, 1.82) is 0 Å². The van der Waals surface area contributed by atoms with Crippen molar-refractivity contribution in [2.45, 2.75) is 103 Å². The first-order valence-corrected chi connectivity index (χ1v) is 20.1. The summed E-state index contributed by atoms with van der Waals surface area (Å²) in [6, 6.07) is 45.2. The van der Waals surface area contributed by atoms with Crippen LogP contribution in [0.2, 0.25) is 0 Å². The Kier molecular flexibility index (Phi) is 6.83. The predicted molar refractivity (Wildman–Crippen MR) is 225 cm³/mol. The minimum atomic E-state index is -0.0836. The van der Waals surface area contributed by atoms with E-state index in [0.717, 1.165) is 11.8 Å². The van der Waals surface area contributed by atoms with E-state index in [1.807, 2.05) is 0 Å². The number of fused-ring (bicyclic) bond motifs is 12. The van der Waals surface area contributed by atoms with Gasteiger partial charge in [-0.2, -0.15) is 0 Å². The predicted octanol–water partition coefficient (Wildman–Crippen LogP) is 14.3. The Hall–Kier alpha value is -4.62. The Morgan fingerprint density at radius 1 is 0.509 bits per heavy atom. The van der Waals surface area contributed by atoms with Gasteiger partial charge >= 0.3 is 0 Å². The summed E-state index contributed by atoms with van der Waals surface area (Å²) in [4.78, 5) is 2.61. The highest BCUT2D eigenvalue weighted by Crippen LogP contribution is 2.66.